The van der Waals surface area contributed by atoms with Crippen LogP contribution in [0.1, 0.15) is 0 Å². The molecule has 6 heteroatoms. The standard InChI is InChI=1S/C18H18O6/c1-6-12(20)17(11-19,13(21)7-2)18(14(22)8-3,15(23)9-4)16(24)10-5/h6-10,19H,1-5,11H2. The predicted octanol–water partition coefficient (Wildman–Crippen LogP) is 0.727. The van der Waals surface area contributed by atoms with Gasteiger partial charge in [-0.3, -0.25) is 24.0 Å². The summed E-state index contributed by atoms with van der Waals surface area (Å²) in [5, 5.41) is 9.85. The van der Waals surface area contributed by atoms with Gasteiger partial charge in [-0.05, 0) is 30.4 Å². The quantitative estimate of drug-likeness (QED) is 0.418. The maximum atomic E-state index is 12.5. The van der Waals surface area contributed by atoms with E-state index >= 15 is 0 Å². The van der Waals surface area contributed by atoms with Crippen molar-refractivity contribution in [2.45, 2.75) is 0 Å². The van der Waals surface area contributed by atoms with Crippen LogP contribution in [0.15, 0.2) is 63.3 Å². The molecule has 0 saturated heterocycles. The number of aliphatic hydroxyl groups excluding tert-OH is 1. The van der Waals surface area contributed by atoms with Crippen molar-refractivity contribution in [3.63, 3.8) is 0 Å². The topological polar surface area (TPSA) is 106 Å². The second kappa shape index (κ2) is 8.03. The highest BCUT2D eigenvalue weighted by atomic mass is 16.3. The fraction of sp³-hybridized carbons (Fsp3) is 0.167. The van der Waals surface area contributed by atoms with Gasteiger partial charge in [0.1, 0.15) is 5.41 Å². The summed E-state index contributed by atoms with van der Waals surface area (Å²) in [5.41, 5.74) is -5.71. The van der Waals surface area contributed by atoms with Crippen molar-refractivity contribution >= 4 is 28.9 Å². The average molecular weight is 330 g/mol. The molecule has 0 radical (unpaired) electrons. The molecule has 0 aromatic carbocycles. The lowest BCUT2D eigenvalue weighted by atomic mass is 9.53. The number of hydrogen-bond acceptors (Lipinski definition) is 6. The van der Waals surface area contributed by atoms with Crippen molar-refractivity contribution in [2.75, 3.05) is 6.61 Å². The summed E-state index contributed by atoms with van der Waals surface area (Å²) >= 11 is 0. The summed E-state index contributed by atoms with van der Waals surface area (Å²) in [6, 6.07) is 0. The van der Waals surface area contributed by atoms with E-state index in [0.717, 1.165) is 0 Å². The number of carbonyl (C=O) groups is 5. The number of ketones is 5. The number of aliphatic hydroxyl groups is 1. The molecule has 24 heavy (non-hydrogen) atoms. The minimum atomic E-state index is -2.93. The van der Waals surface area contributed by atoms with Crippen LogP contribution in [0.4, 0.5) is 0 Å². The van der Waals surface area contributed by atoms with Gasteiger partial charge in [-0.25, -0.2) is 0 Å². The lowest BCUT2D eigenvalue weighted by molar-refractivity contribution is -0.166. The molecule has 0 amide bonds. The van der Waals surface area contributed by atoms with Crippen LogP contribution in [0, 0.1) is 10.8 Å². The van der Waals surface area contributed by atoms with Gasteiger partial charge in [0.05, 0.1) is 6.61 Å². The van der Waals surface area contributed by atoms with Gasteiger partial charge in [0.25, 0.3) is 0 Å². The smallest absolute Gasteiger partial charge is 0.179 e. The number of carbonyl (C=O) groups excluding carboxylic acids is 5. The van der Waals surface area contributed by atoms with E-state index in [2.05, 4.69) is 32.9 Å². The van der Waals surface area contributed by atoms with Crippen LogP contribution in [0.5, 0.6) is 0 Å². The molecular formula is C18H18O6. The molecular weight excluding hydrogens is 312 g/mol. The predicted molar refractivity (Wildman–Crippen MR) is 88.0 cm³/mol. The molecule has 0 bridgehead atoms. The summed E-state index contributed by atoms with van der Waals surface area (Å²) in [5.74, 6) is -6.16. The Labute approximate surface area is 139 Å². The Morgan fingerprint density at radius 3 is 1.04 bits per heavy atom. The van der Waals surface area contributed by atoms with Gasteiger partial charge in [0.2, 0.25) is 0 Å². The molecule has 0 aliphatic rings. The van der Waals surface area contributed by atoms with E-state index in [4.69, 9.17) is 0 Å². The van der Waals surface area contributed by atoms with Crippen molar-refractivity contribution in [1.29, 1.82) is 0 Å². The molecule has 0 aliphatic carbocycles. The van der Waals surface area contributed by atoms with Gasteiger partial charge < -0.3 is 5.11 Å². The first kappa shape index (κ1) is 21.0. The molecule has 0 heterocycles. The molecule has 6 nitrogen and oxygen atoms in total. The maximum absolute atomic E-state index is 12.5. The van der Waals surface area contributed by atoms with Crippen molar-refractivity contribution in [3.8, 4) is 0 Å². The molecule has 0 fully saturated rings. The van der Waals surface area contributed by atoms with Crippen molar-refractivity contribution in [3.05, 3.63) is 63.3 Å². The van der Waals surface area contributed by atoms with Crippen LogP contribution >= 0.6 is 0 Å². The minimum Gasteiger partial charge on any atom is -0.395 e. The normalized spacial score (nSPS) is 10.9. The minimum absolute atomic E-state index is 0.611. The molecule has 0 aliphatic heterocycles. The third-order valence-electron chi connectivity index (χ3n) is 3.75. The van der Waals surface area contributed by atoms with Crippen LogP contribution in [0.3, 0.4) is 0 Å². The van der Waals surface area contributed by atoms with Crippen LogP contribution < -0.4 is 0 Å². The number of hydrogen-bond donors (Lipinski definition) is 1. The van der Waals surface area contributed by atoms with Gasteiger partial charge in [0, 0.05) is 0 Å². The monoisotopic (exact) mass is 330 g/mol. The van der Waals surface area contributed by atoms with Crippen molar-refractivity contribution in [2.24, 2.45) is 10.8 Å². The summed E-state index contributed by atoms with van der Waals surface area (Å²) in [6.45, 7) is 14.7. The highest BCUT2D eigenvalue weighted by Crippen LogP contribution is 2.45. The van der Waals surface area contributed by atoms with Crippen molar-refractivity contribution in [1.82, 2.24) is 0 Å². The fourth-order valence-electron chi connectivity index (χ4n) is 2.57. The van der Waals surface area contributed by atoms with E-state index in [1.807, 2.05) is 0 Å². The van der Waals surface area contributed by atoms with Crippen molar-refractivity contribution < 1.29 is 29.1 Å². The van der Waals surface area contributed by atoms with E-state index in [1.54, 1.807) is 0 Å². The van der Waals surface area contributed by atoms with Crippen LogP contribution in [-0.2, 0) is 24.0 Å². The van der Waals surface area contributed by atoms with Crippen LogP contribution in [0.25, 0.3) is 0 Å². The number of rotatable bonds is 12. The Kier molecular flexibility index (Phi) is 7.03. The molecule has 126 valence electrons. The zero-order chi connectivity index (χ0) is 19.1. The molecule has 1 N–H and O–H groups in total. The Balaban J connectivity index is 7.55. The fourth-order valence-corrected chi connectivity index (χ4v) is 2.57. The first-order chi connectivity index (χ1) is 11.2. The van der Waals surface area contributed by atoms with Crippen LogP contribution in [0.2, 0.25) is 0 Å². The zero-order valence-corrected chi connectivity index (χ0v) is 13.1. The van der Waals surface area contributed by atoms with E-state index in [0.29, 0.717) is 30.4 Å². The second-order valence-corrected chi connectivity index (χ2v) is 4.66. The number of allylic oxidation sites excluding steroid dienone is 5. The highest BCUT2D eigenvalue weighted by molar-refractivity contribution is 6.39. The summed E-state index contributed by atoms with van der Waals surface area (Å²) in [6.07, 6.45) is 3.10. The molecule has 0 aromatic rings. The third-order valence-corrected chi connectivity index (χ3v) is 3.75. The summed E-state index contributed by atoms with van der Waals surface area (Å²) in [7, 11) is 0. The van der Waals surface area contributed by atoms with E-state index in [9.17, 15) is 29.1 Å². The largest absolute Gasteiger partial charge is 0.395 e. The van der Waals surface area contributed by atoms with Gasteiger partial charge >= 0.3 is 0 Å². The Morgan fingerprint density at radius 2 is 0.875 bits per heavy atom. The molecule has 0 atom stereocenters. The Bertz CT molecular complexity index is 595. The summed E-state index contributed by atoms with van der Waals surface area (Å²) in [4.78, 5) is 62.6. The lowest BCUT2D eigenvalue weighted by Crippen LogP contribution is -2.65. The van der Waals surface area contributed by atoms with Gasteiger partial charge in [0.15, 0.2) is 34.3 Å². The van der Waals surface area contributed by atoms with E-state index in [-0.39, 0.29) is 0 Å². The summed E-state index contributed by atoms with van der Waals surface area (Å²) < 4.78 is 0. The second-order valence-electron chi connectivity index (χ2n) is 4.66. The van der Waals surface area contributed by atoms with E-state index in [1.165, 1.54) is 0 Å². The van der Waals surface area contributed by atoms with Crippen LogP contribution in [-0.4, -0.2) is 40.6 Å². The molecule has 0 saturated carbocycles. The van der Waals surface area contributed by atoms with Gasteiger partial charge in [-0.1, -0.05) is 32.9 Å². The van der Waals surface area contributed by atoms with Gasteiger partial charge in [-0.2, -0.15) is 0 Å². The maximum Gasteiger partial charge on any atom is 0.179 e. The highest BCUT2D eigenvalue weighted by Gasteiger charge is 2.69. The lowest BCUT2D eigenvalue weighted by Gasteiger charge is -2.41. The molecule has 0 unspecified atom stereocenters. The SMILES string of the molecule is C=CC(=O)C(CO)(C(=O)C=C)C(C(=O)C=C)(C(=O)C=C)C(=O)C=C. The van der Waals surface area contributed by atoms with Gasteiger partial charge in [-0.15, -0.1) is 0 Å². The first-order valence-corrected chi connectivity index (χ1v) is 6.68. The molecule has 0 rings (SSSR count). The van der Waals surface area contributed by atoms with E-state index < -0.39 is 46.4 Å². The first-order valence-electron chi connectivity index (χ1n) is 6.68. The Morgan fingerprint density at radius 1 is 0.625 bits per heavy atom. The average Bonchev–Trinajstić information content (AvgIpc) is 2.62. The molecule has 0 aromatic heterocycles. The third kappa shape index (κ3) is 2.57. The zero-order valence-electron chi connectivity index (χ0n) is 13.1. The Hall–Kier alpha value is -2.99. The molecule has 0 spiro atoms.